The molecule has 3 aromatic rings. The molecule has 0 aliphatic carbocycles. The lowest BCUT2D eigenvalue weighted by Crippen LogP contribution is -2.32. The second kappa shape index (κ2) is 11.0. The van der Waals surface area contributed by atoms with Crippen LogP contribution in [0.25, 0.3) is 10.6 Å². The van der Waals surface area contributed by atoms with E-state index in [0.29, 0.717) is 12.3 Å². The summed E-state index contributed by atoms with van der Waals surface area (Å²) in [5.41, 5.74) is 3.20. The minimum Gasteiger partial charge on any atom is -0.497 e. The number of methoxy groups -OCH3 is 2. The Morgan fingerprint density at radius 1 is 1.13 bits per heavy atom. The average Bonchev–Trinajstić information content (AvgIpc) is 3.27. The fraction of sp³-hybridized carbons (Fsp3) is 0.304. The molecular formula is C23H26N2O3S2. The monoisotopic (exact) mass is 442 g/mol. The van der Waals surface area contributed by atoms with E-state index < -0.39 is 0 Å². The lowest BCUT2D eigenvalue weighted by molar-refractivity contribution is -0.120. The SMILES string of the molecule is COc1ccc(CCNC(=O)C(C)SCc2csc(-c3cccc(OC)c3)n2)cc1. The summed E-state index contributed by atoms with van der Waals surface area (Å²) in [5.74, 6) is 2.41. The van der Waals surface area contributed by atoms with E-state index >= 15 is 0 Å². The van der Waals surface area contributed by atoms with Gasteiger partial charge in [0.2, 0.25) is 5.91 Å². The molecule has 1 amide bonds. The van der Waals surface area contributed by atoms with E-state index in [1.807, 2.05) is 55.5 Å². The van der Waals surface area contributed by atoms with Gasteiger partial charge in [0, 0.05) is 23.2 Å². The van der Waals surface area contributed by atoms with Crippen LogP contribution in [0.3, 0.4) is 0 Å². The largest absolute Gasteiger partial charge is 0.497 e. The fourth-order valence-corrected chi connectivity index (χ4v) is 4.54. The number of amides is 1. The zero-order valence-electron chi connectivity index (χ0n) is 17.4. The van der Waals surface area contributed by atoms with Gasteiger partial charge in [-0.2, -0.15) is 0 Å². The van der Waals surface area contributed by atoms with Gasteiger partial charge < -0.3 is 14.8 Å². The second-order valence-corrected chi connectivity index (χ2v) is 8.91. The molecule has 0 aliphatic rings. The van der Waals surface area contributed by atoms with Gasteiger partial charge in [0.05, 0.1) is 25.2 Å². The Balaban J connectivity index is 1.43. The number of rotatable bonds is 10. The van der Waals surface area contributed by atoms with Crippen LogP contribution >= 0.6 is 23.1 Å². The molecule has 1 aromatic heterocycles. The third kappa shape index (κ3) is 6.24. The Hall–Kier alpha value is -2.51. The number of nitrogens with one attached hydrogen (secondary N) is 1. The van der Waals surface area contributed by atoms with Gasteiger partial charge in [-0.15, -0.1) is 23.1 Å². The highest BCUT2D eigenvalue weighted by atomic mass is 32.2. The van der Waals surface area contributed by atoms with E-state index in [0.717, 1.165) is 34.2 Å². The van der Waals surface area contributed by atoms with Crippen LogP contribution in [0, 0.1) is 0 Å². The Kier molecular flexibility index (Phi) is 8.16. The first-order valence-corrected chi connectivity index (χ1v) is 11.6. The highest BCUT2D eigenvalue weighted by Crippen LogP contribution is 2.28. The standard InChI is InChI=1S/C23H26N2O3S2/c1-16(22(26)24-12-11-17-7-9-20(27-2)10-8-17)29-14-19-15-30-23(25-19)18-5-4-6-21(13-18)28-3/h4-10,13,15-16H,11-12,14H2,1-3H3,(H,24,26). The summed E-state index contributed by atoms with van der Waals surface area (Å²) in [6, 6.07) is 15.8. The third-order valence-electron chi connectivity index (χ3n) is 4.59. The number of hydrogen-bond donors (Lipinski definition) is 1. The quantitative estimate of drug-likeness (QED) is 0.488. The van der Waals surface area contributed by atoms with Crippen molar-refractivity contribution in [3.05, 3.63) is 65.2 Å². The summed E-state index contributed by atoms with van der Waals surface area (Å²) in [6.07, 6.45) is 0.795. The molecule has 3 rings (SSSR count). The van der Waals surface area contributed by atoms with E-state index in [1.165, 1.54) is 5.56 Å². The van der Waals surface area contributed by atoms with E-state index in [-0.39, 0.29) is 11.2 Å². The molecule has 0 saturated heterocycles. The Morgan fingerprint density at radius 3 is 2.63 bits per heavy atom. The first-order valence-electron chi connectivity index (χ1n) is 9.70. The van der Waals surface area contributed by atoms with Crippen molar-refractivity contribution in [2.24, 2.45) is 0 Å². The predicted octanol–water partition coefficient (Wildman–Crippen LogP) is 4.81. The first-order chi connectivity index (χ1) is 14.6. The van der Waals surface area contributed by atoms with Crippen molar-refractivity contribution in [3.63, 3.8) is 0 Å². The molecule has 1 N–H and O–H groups in total. The van der Waals surface area contributed by atoms with Crippen LogP contribution in [-0.4, -0.2) is 36.9 Å². The minimum absolute atomic E-state index is 0.0526. The van der Waals surface area contributed by atoms with Gasteiger partial charge in [-0.3, -0.25) is 4.79 Å². The molecule has 2 aromatic carbocycles. The summed E-state index contributed by atoms with van der Waals surface area (Å²) < 4.78 is 10.4. The van der Waals surface area contributed by atoms with Crippen LogP contribution in [-0.2, 0) is 17.0 Å². The zero-order chi connectivity index (χ0) is 21.3. The highest BCUT2D eigenvalue weighted by molar-refractivity contribution is 7.99. The van der Waals surface area contributed by atoms with Gasteiger partial charge in [-0.1, -0.05) is 24.3 Å². The normalized spacial score (nSPS) is 11.7. The lowest BCUT2D eigenvalue weighted by Gasteiger charge is -2.11. The lowest BCUT2D eigenvalue weighted by atomic mass is 10.1. The highest BCUT2D eigenvalue weighted by Gasteiger charge is 2.14. The maximum atomic E-state index is 12.4. The molecule has 0 aliphatic heterocycles. The van der Waals surface area contributed by atoms with Crippen LogP contribution in [0.5, 0.6) is 11.5 Å². The van der Waals surface area contributed by atoms with E-state index in [1.54, 1.807) is 37.3 Å². The second-order valence-electron chi connectivity index (χ2n) is 6.72. The molecule has 30 heavy (non-hydrogen) atoms. The van der Waals surface area contributed by atoms with Crippen LogP contribution in [0.2, 0.25) is 0 Å². The van der Waals surface area contributed by atoms with Crippen LogP contribution in [0.1, 0.15) is 18.2 Å². The third-order valence-corrected chi connectivity index (χ3v) is 6.71. The van der Waals surface area contributed by atoms with Crippen LogP contribution in [0.15, 0.2) is 53.9 Å². The summed E-state index contributed by atoms with van der Waals surface area (Å²) >= 11 is 3.20. The summed E-state index contributed by atoms with van der Waals surface area (Å²) in [6.45, 7) is 2.55. The number of aromatic nitrogens is 1. The number of thioether (sulfide) groups is 1. The van der Waals surface area contributed by atoms with E-state index in [4.69, 9.17) is 14.5 Å². The Bertz CT molecular complexity index is 957. The van der Waals surface area contributed by atoms with Gasteiger partial charge in [-0.25, -0.2) is 4.98 Å². The number of carbonyl (C=O) groups is 1. The van der Waals surface area contributed by atoms with E-state index in [9.17, 15) is 4.79 Å². The molecule has 0 spiro atoms. The number of benzene rings is 2. The molecule has 1 heterocycles. The molecule has 158 valence electrons. The molecule has 1 atom stereocenters. The number of nitrogens with zero attached hydrogens (tertiary/aromatic N) is 1. The van der Waals surface area contributed by atoms with Crippen molar-refractivity contribution in [3.8, 4) is 22.1 Å². The maximum Gasteiger partial charge on any atom is 0.232 e. The molecule has 0 fully saturated rings. The summed E-state index contributed by atoms with van der Waals surface area (Å²) in [5, 5.41) is 5.89. The average molecular weight is 443 g/mol. The number of thiazole rings is 1. The van der Waals surface area contributed by atoms with Crippen LogP contribution < -0.4 is 14.8 Å². The zero-order valence-corrected chi connectivity index (χ0v) is 19.0. The minimum atomic E-state index is -0.136. The van der Waals surface area contributed by atoms with Crippen molar-refractivity contribution in [2.75, 3.05) is 20.8 Å². The van der Waals surface area contributed by atoms with Crippen molar-refractivity contribution in [1.82, 2.24) is 10.3 Å². The fourth-order valence-electron chi connectivity index (χ4n) is 2.81. The Morgan fingerprint density at radius 2 is 1.90 bits per heavy atom. The molecule has 1 unspecified atom stereocenters. The predicted molar refractivity (Wildman–Crippen MR) is 125 cm³/mol. The van der Waals surface area contributed by atoms with Gasteiger partial charge in [0.15, 0.2) is 0 Å². The summed E-state index contributed by atoms with van der Waals surface area (Å²) in [7, 11) is 3.31. The van der Waals surface area contributed by atoms with Crippen LogP contribution in [0.4, 0.5) is 0 Å². The number of ether oxygens (including phenoxy) is 2. The first kappa shape index (κ1) is 22.2. The smallest absolute Gasteiger partial charge is 0.232 e. The van der Waals surface area contributed by atoms with Crippen molar-refractivity contribution < 1.29 is 14.3 Å². The van der Waals surface area contributed by atoms with Crippen molar-refractivity contribution >= 4 is 29.0 Å². The molecule has 5 nitrogen and oxygen atoms in total. The number of carbonyl (C=O) groups excluding carboxylic acids is 1. The van der Waals surface area contributed by atoms with Crippen molar-refractivity contribution in [2.45, 2.75) is 24.3 Å². The Labute approximate surface area is 185 Å². The van der Waals surface area contributed by atoms with Gasteiger partial charge in [-0.05, 0) is 43.2 Å². The molecule has 0 radical (unpaired) electrons. The van der Waals surface area contributed by atoms with Gasteiger partial charge >= 0.3 is 0 Å². The number of hydrogen-bond acceptors (Lipinski definition) is 6. The van der Waals surface area contributed by atoms with Gasteiger partial charge in [0.25, 0.3) is 0 Å². The van der Waals surface area contributed by atoms with E-state index in [2.05, 4.69) is 10.7 Å². The van der Waals surface area contributed by atoms with Gasteiger partial charge in [0.1, 0.15) is 16.5 Å². The molecule has 7 heteroatoms. The topological polar surface area (TPSA) is 60.5 Å². The summed E-state index contributed by atoms with van der Waals surface area (Å²) in [4.78, 5) is 17.1. The molecular weight excluding hydrogens is 416 g/mol. The molecule has 0 saturated carbocycles. The maximum absolute atomic E-state index is 12.4. The van der Waals surface area contributed by atoms with Crippen molar-refractivity contribution in [1.29, 1.82) is 0 Å². The molecule has 0 bridgehead atoms.